The summed E-state index contributed by atoms with van der Waals surface area (Å²) in [4.78, 5) is 29.8. The molecule has 2 aromatic carbocycles. The van der Waals surface area contributed by atoms with Gasteiger partial charge in [-0.3, -0.25) is 9.59 Å². The van der Waals surface area contributed by atoms with Crippen LogP contribution in [0.25, 0.3) is 5.69 Å². The molecule has 0 radical (unpaired) electrons. The molecule has 1 aliphatic heterocycles. The molecule has 0 N–H and O–H groups in total. The Morgan fingerprint density at radius 1 is 1.03 bits per heavy atom. The van der Waals surface area contributed by atoms with Crippen LogP contribution in [0.5, 0.6) is 0 Å². The molecule has 0 aliphatic carbocycles. The van der Waals surface area contributed by atoms with Gasteiger partial charge in [-0.25, -0.2) is 4.68 Å². The normalized spacial score (nSPS) is 14.3. The van der Waals surface area contributed by atoms with Crippen LogP contribution >= 0.6 is 0 Å². The molecule has 8 nitrogen and oxygen atoms in total. The number of nitrogens with zero attached hydrogens (tertiary/aromatic N) is 6. The van der Waals surface area contributed by atoms with Gasteiger partial charge in [0.05, 0.1) is 12.1 Å². The van der Waals surface area contributed by atoms with Gasteiger partial charge in [-0.1, -0.05) is 37.3 Å². The molecule has 0 saturated carbocycles. The Labute approximate surface area is 187 Å². The summed E-state index contributed by atoms with van der Waals surface area (Å²) in [6, 6.07) is 17.3. The number of amides is 2. The largest absolute Gasteiger partial charge is 0.339 e. The summed E-state index contributed by atoms with van der Waals surface area (Å²) in [5.74, 6) is 0.204. The van der Waals surface area contributed by atoms with Crippen LogP contribution in [0, 0.1) is 0 Å². The summed E-state index contributed by atoms with van der Waals surface area (Å²) in [6.07, 6.45) is 4.43. The topological polar surface area (TPSA) is 84.2 Å². The Kier molecular flexibility index (Phi) is 6.89. The number of likely N-dealkylation sites (tertiary alicyclic amines) is 1. The lowest BCUT2D eigenvalue weighted by Gasteiger charge is -2.38. The molecule has 0 spiro atoms. The van der Waals surface area contributed by atoms with Gasteiger partial charge in [0, 0.05) is 31.2 Å². The maximum atomic E-state index is 13.2. The third kappa shape index (κ3) is 5.01. The van der Waals surface area contributed by atoms with Crippen molar-refractivity contribution in [1.29, 1.82) is 0 Å². The van der Waals surface area contributed by atoms with E-state index >= 15 is 0 Å². The van der Waals surface area contributed by atoms with Crippen LogP contribution in [0.4, 0.5) is 0 Å². The lowest BCUT2D eigenvalue weighted by atomic mass is 10.0. The van der Waals surface area contributed by atoms with Gasteiger partial charge in [-0.15, -0.1) is 5.10 Å². The van der Waals surface area contributed by atoms with Crippen molar-refractivity contribution >= 4 is 11.8 Å². The highest BCUT2D eigenvalue weighted by Gasteiger charge is 2.29. The molecule has 0 unspecified atom stereocenters. The van der Waals surface area contributed by atoms with Gasteiger partial charge >= 0.3 is 0 Å². The highest BCUT2D eigenvalue weighted by Crippen LogP contribution is 2.20. The third-order valence-corrected chi connectivity index (χ3v) is 5.90. The van der Waals surface area contributed by atoms with Gasteiger partial charge < -0.3 is 9.80 Å². The van der Waals surface area contributed by atoms with E-state index in [4.69, 9.17) is 0 Å². The number of piperidine rings is 1. The van der Waals surface area contributed by atoms with Crippen molar-refractivity contribution in [3.63, 3.8) is 0 Å². The van der Waals surface area contributed by atoms with Crippen LogP contribution in [0.2, 0.25) is 0 Å². The Balaban J connectivity index is 1.36. The van der Waals surface area contributed by atoms with Crippen LogP contribution in [0.1, 0.15) is 42.1 Å². The molecule has 166 valence electrons. The van der Waals surface area contributed by atoms with E-state index in [-0.39, 0.29) is 17.9 Å². The number of tetrazole rings is 1. The molecule has 0 bridgehead atoms. The van der Waals surface area contributed by atoms with Crippen molar-refractivity contribution in [2.75, 3.05) is 19.6 Å². The number of carbonyl (C=O) groups excluding carboxylic acids is 2. The molecule has 4 rings (SSSR count). The minimum atomic E-state index is 0.0695. The average molecular weight is 433 g/mol. The summed E-state index contributed by atoms with van der Waals surface area (Å²) in [7, 11) is 0. The SMILES string of the molecule is CCCN(C(=O)Cc1ccc(-n2cnnn2)cc1)C1CCN(C(=O)c2ccccc2)CC1. The van der Waals surface area contributed by atoms with Crippen molar-refractivity contribution in [3.05, 3.63) is 72.1 Å². The van der Waals surface area contributed by atoms with Crippen LogP contribution in [0.3, 0.4) is 0 Å². The smallest absolute Gasteiger partial charge is 0.253 e. The van der Waals surface area contributed by atoms with Crippen molar-refractivity contribution in [2.45, 2.75) is 38.6 Å². The Morgan fingerprint density at radius 2 is 1.75 bits per heavy atom. The van der Waals surface area contributed by atoms with Gasteiger partial charge in [-0.2, -0.15) is 0 Å². The minimum Gasteiger partial charge on any atom is -0.339 e. The fraction of sp³-hybridized carbons (Fsp3) is 0.375. The number of aromatic nitrogens is 4. The van der Waals surface area contributed by atoms with Crippen molar-refractivity contribution < 1.29 is 9.59 Å². The van der Waals surface area contributed by atoms with E-state index in [2.05, 4.69) is 22.4 Å². The highest BCUT2D eigenvalue weighted by atomic mass is 16.2. The molecular weight excluding hydrogens is 404 g/mol. The zero-order valence-electron chi connectivity index (χ0n) is 18.3. The predicted octanol–water partition coefficient (Wildman–Crippen LogP) is 2.75. The van der Waals surface area contributed by atoms with Gasteiger partial charge in [0.25, 0.3) is 5.91 Å². The van der Waals surface area contributed by atoms with E-state index in [0.717, 1.165) is 42.6 Å². The number of carbonyl (C=O) groups is 2. The summed E-state index contributed by atoms with van der Waals surface area (Å²) in [6.45, 7) is 4.17. The Hall–Kier alpha value is -3.55. The van der Waals surface area contributed by atoms with E-state index < -0.39 is 0 Å². The average Bonchev–Trinajstić information content (AvgIpc) is 3.38. The second-order valence-electron chi connectivity index (χ2n) is 8.07. The third-order valence-electron chi connectivity index (χ3n) is 5.90. The molecule has 2 amide bonds. The zero-order chi connectivity index (χ0) is 22.3. The molecule has 1 saturated heterocycles. The first-order chi connectivity index (χ1) is 15.7. The van der Waals surface area contributed by atoms with Gasteiger partial charge in [-0.05, 0) is 59.5 Å². The summed E-state index contributed by atoms with van der Waals surface area (Å²) < 4.78 is 1.58. The van der Waals surface area contributed by atoms with Crippen molar-refractivity contribution in [2.24, 2.45) is 0 Å². The molecular formula is C24H28N6O2. The highest BCUT2D eigenvalue weighted by molar-refractivity contribution is 5.94. The number of hydrogen-bond acceptors (Lipinski definition) is 5. The molecule has 8 heteroatoms. The monoisotopic (exact) mass is 432 g/mol. The van der Waals surface area contributed by atoms with Crippen LogP contribution in [-0.4, -0.2) is 67.5 Å². The first-order valence-corrected chi connectivity index (χ1v) is 11.1. The summed E-state index contributed by atoms with van der Waals surface area (Å²) in [5, 5.41) is 11.2. The second kappa shape index (κ2) is 10.2. The molecule has 32 heavy (non-hydrogen) atoms. The molecule has 2 heterocycles. The van der Waals surface area contributed by atoms with Gasteiger partial charge in [0.2, 0.25) is 5.91 Å². The maximum absolute atomic E-state index is 13.2. The van der Waals surface area contributed by atoms with E-state index in [0.29, 0.717) is 19.5 Å². The van der Waals surface area contributed by atoms with Crippen molar-refractivity contribution in [1.82, 2.24) is 30.0 Å². The van der Waals surface area contributed by atoms with Crippen LogP contribution < -0.4 is 0 Å². The van der Waals surface area contributed by atoms with E-state index in [1.807, 2.05) is 64.4 Å². The van der Waals surface area contributed by atoms with Crippen LogP contribution in [0.15, 0.2) is 60.9 Å². The van der Waals surface area contributed by atoms with Crippen molar-refractivity contribution in [3.8, 4) is 5.69 Å². The number of benzene rings is 2. The Morgan fingerprint density at radius 3 is 2.38 bits per heavy atom. The minimum absolute atomic E-state index is 0.0695. The lowest BCUT2D eigenvalue weighted by molar-refractivity contribution is -0.133. The van der Waals surface area contributed by atoms with E-state index in [1.165, 1.54) is 6.33 Å². The first-order valence-electron chi connectivity index (χ1n) is 11.1. The maximum Gasteiger partial charge on any atom is 0.253 e. The quantitative estimate of drug-likeness (QED) is 0.573. The molecule has 0 atom stereocenters. The molecule has 1 aliphatic rings. The summed E-state index contributed by atoms with van der Waals surface area (Å²) >= 11 is 0. The zero-order valence-corrected chi connectivity index (χ0v) is 18.3. The first kappa shape index (κ1) is 21.7. The molecule has 1 aromatic heterocycles. The second-order valence-corrected chi connectivity index (χ2v) is 8.07. The van der Waals surface area contributed by atoms with E-state index in [1.54, 1.807) is 4.68 Å². The van der Waals surface area contributed by atoms with Gasteiger partial charge in [0.15, 0.2) is 0 Å². The predicted molar refractivity (Wildman–Crippen MR) is 120 cm³/mol. The number of hydrogen-bond donors (Lipinski definition) is 0. The Bertz CT molecular complexity index is 1010. The molecule has 1 fully saturated rings. The number of rotatable bonds is 7. The fourth-order valence-electron chi connectivity index (χ4n) is 4.22. The fourth-order valence-corrected chi connectivity index (χ4v) is 4.22. The molecule has 3 aromatic rings. The van der Waals surface area contributed by atoms with Crippen LogP contribution in [-0.2, 0) is 11.2 Å². The standard InChI is InChI=1S/C24H28N6O2/c1-2-14-29(21-12-15-28(16-13-21)24(32)20-6-4-3-5-7-20)23(31)17-19-8-10-22(11-9-19)30-18-25-26-27-30/h3-11,18,21H,2,12-17H2,1H3. The van der Waals surface area contributed by atoms with E-state index in [9.17, 15) is 9.59 Å². The lowest BCUT2D eigenvalue weighted by Crippen LogP contribution is -2.49. The van der Waals surface area contributed by atoms with Gasteiger partial charge in [0.1, 0.15) is 6.33 Å². The summed E-state index contributed by atoms with van der Waals surface area (Å²) in [5.41, 5.74) is 2.54.